The highest BCUT2D eigenvalue weighted by atomic mass is 16.2. The number of hydrogen-bond donors (Lipinski definition) is 0. The maximum absolute atomic E-state index is 12.5. The summed E-state index contributed by atoms with van der Waals surface area (Å²) < 4.78 is 0. The maximum atomic E-state index is 12.5. The Morgan fingerprint density at radius 2 is 1.70 bits per heavy atom. The minimum atomic E-state index is -0.707. The van der Waals surface area contributed by atoms with Crippen LogP contribution in [0, 0.1) is 0 Å². The van der Waals surface area contributed by atoms with Crippen LogP contribution >= 0.6 is 0 Å². The van der Waals surface area contributed by atoms with Crippen molar-refractivity contribution in [2.75, 3.05) is 13.7 Å². The van der Waals surface area contributed by atoms with Crippen molar-refractivity contribution in [2.45, 2.75) is 38.3 Å². The second-order valence-electron chi connectivity index (χ2n) is 6.27. The van der Waals surface area contributed by atoms with Gasteiger partial charge in [0, 0.05) is 12.6 Å². The van der Waals surface area contributed by atoms with Crippen molar-refractivity contribution in [1.29, 1.82) is 0 Å². The fourth-order valence-electron chi connectivity index (χ4n) is 3.32. The van der Waals surface area contributed by atoms with Gasteiger partial charge in [0.15, 0.2) is 0 Å². The molecule has 23 heavy (non-hydrogen) atoms. The molecule has 1 heterocycles. The van der Waals surface area contributed by atoms with Gasteiger partial charge in [0.25, 0.3) is 0 Å². The number of amides is 4. The average molecular weight is 315 g/mol. The van der Waals surface area contributed by atoms with Crippen molar-refractivity contribution in [3.8, 4) is 0 Å². The summed E-state index contributed by atoms with van der Waals surface area (Å²) in [4.78, 5) is 40.9. The van der Waals surface area contributed by atoms with Crippen LogP contribution in [0.4, 0.5) is 4.79 Å². The molecule has 0 N–H and O–H groups in total. The van der Waals surface area contributed by atoms with Gasteiger partial charge in [-0.25, -0.2) is 9.69 Å². The second-order valence-corrected chi connectivity index (χ2v) is 6.27. The molecule has 4 amide bonds. The molecule has 122 valence electrons. The zero-order chi connectivity index (χ0) is 16.4. The topological polar surface area (TPSA) is 60.9 Å². The Kier molecular flexibility index (Phi) is 4.43. The molecule has 2 fully saturated rings. The number of imide groups is 2. The zero-order valence-corrected chi connectivity index (χ0v) is 13.3. The van der Waals surface area contributed by atoms with Gasteiger partial charge >= 0.3 is 17.8 Å². The van der Waals surface area contributed by atoms with E-state index in [0.717, 1.165) is 36.1 Å². The van der Waals surface area contributed by atoms with Crippen LogP contribution in [0.15, 0.2) is 30.3 Å². The van der Waals surface area contributed by atoms with E-state index in [2.05, 4.69) is 0 Å². The lowest BCUT2D eigenvalue weighted by Crippen LogP contribution is -2.42. The molecule has 0 atom stereocenters. The van der Waals surface area contributed by atoms with Crippen molar-refractivity contribution >= 4 is 17.8 Å². The monoisotopic (exact) mass is 315 g/mol. The standard InChI is InChI=1S/C17H21N3O3/c1-18(11-13-7-3-2-4-8-13)12-19-15(21)16(22)20(17(19)23)14-9-5-6-10-14/h2-4,7-8,14H,5-6,9-12H2,1H3. The van der Waals surface area contributed by atoms with Crippen LogP contribution in [0.5, 0.6) is 0 Å². The summed E-state index contributed by atoms with van der Waals surface area (Å²) in [7, 11) is 1.83. The third-order valence-corrected chi connectivity index (χ3v) is 4.45. The molecule has 0 radical (unpaired) electrons. The van der Waals surface area contributed by atoms with E-state index in [4.69, 9.17) is 0 Å². The number of nitrogens with zero attached hydrogens (tertiary/aromatic N) is 3. The van der Waals surface area contributed by atoms with E-state index in [1.54, 1.807) is 0 Å². The van der Waals surface area contributed by atoms with Crippen LogP contribution in [-0.2, 0) is 16.1 Å². The Labute approximate surface area is 135 Å². The number of rotatable bonds is 5. The highest BCUT2D eigenvalue weighted by Crippen LogP contribution is 2.27. The largest absolute Gasteiger partial charge is 0.335 e. The molecule has 0 aromatic heterocycles. The smallest absolute Gasteiger partial charge is 0.284 e. The quantitative estimate of drug-likeness (QED) is 0.614. The van der Waals surface area contributed by atoms with Crippen molar-refractivity contribution in [3.63, 3.8) is 0 Å². The molecular weight excluding hydrogens is 294 g/mol. The average Bonchev–Trinajstić information content (AvgIpc) is 3.12. The van der Waals surface area contributed by atoms with Gasteiger partial charge in [0.2, 0.25) is 0 Å². The lowest BCUT2D eigenvalue weighted by atomic mass is 10.2. The number of urea groups is 1. The Balaban J connectivity index is 1.66. The van der Waals surface area contributed by atoms with Gasteiger partial charge in [-0.3, -0.25) is 19.4 Å². The molecule has 1 aromatic rings. The number of carbonyl (C=O) groups is 3. The lowest BCUT2D eigenvalue weighted by molar-refractivity contribution is -0.144. The van der Waals surface area contributed by atoms with Gasteiger partial charge in [-0.05, 0) is 25.5 Å². The first-order valence-corrected chi connectivity index (χ1v) is 7.99. The molecule has 6 nitrogen and oxygen atoms in total. The lowest BCUT2D eigenvalue weighted by Gasteiger charge is -2.24. The fraction of sp³-hybridized carbons (Fsp3) is 0.471. The van der Waals surface area contributed by atoms with Crippen LogP contribution in [0.1, 0.15) is 31.2 Å². The Hall–Kier alpha value is -2.21. The highest BCUT2D eigenvalue weighted by molar-refractivity contribution is 6.44. The first-order valence-electron chi connectivity index (χ1n) is 7.99. The van der Waals surface area contributed by atoms with Crippen LogP contribution in [0.25, 0.3) is 0 Å². The van der Waals surface area contributed by atoms with Gasteiger partial charge in [0.05, 0.1) is 6.67 Å². The summed E-state index contributed by atoms with van der Waals surface area (Å²) in [6, 6.07) is 9.23. The van der Waals surface area contributed by atoms with E-state index in [0.29, 0.717) is 6.54 Å². The van der Waals surface area contributed by atoms with E-state index in [-0.39, 0.29) is 12.7 Å². The second kappa shape index (κ2) is 6.50. The summed E-state index contributed by atoms with van der Waals surface area (Å²) in [6.45, 7) is 0.733. The Morgan fingerprint density at radius 3 is 2.35 bits per heavy atom. The van der Waals surface area contributed by atoms with Crippen molar-refractivity contribution < 1.29 is 14.4 Å². The van der Waals surface area contributed by atoms with Gasteiger partial charge in [-0.2, -0.15) is 0 Å². The molecule has 0 spiro atoms. The molecular formula is C17H21N3O3. The van der Waals surface area contributed by atoms with E-state index in [9.17, 15) is 14.4 Å². The van der Waals surface area contributed by atoms with Gasteiger partial charge in [0.1, 0.15) is 0 Å². The van der Waals surface area contributed by atoms with Crippen LogP contribution in [-0.4, -0.2) is 52.3 Å². The van der Waals surface area contributed by atoms with Gasteiger partial charge in [-0.1, -0.05) is 43.2 Å². The normalized spacial score (nSPS) is 19.5. The SMILES string of the molecule is CN(Cc1ccccc1)CN1C(=O)C(=O)N(C2CCCC2)C1=O. The third-order valence-electron chi connectivity index (χ3n) is 4.45. The number of hydrogen-bond acceptors (Lipinski definition) is 4. The van der Waals surface area contributed by atoms with Crippen LogP contribution in [0.3, 0.4) is 0 Å². The van der Waals surface area contributed by atoms with Crippen molar-refractivity contribution in [1.82, 2.24) is 14.7 Å². The highest BCUT2D eigenvalue weighted by Gasteiger charge is 2.48. The summed E-state index contributed by atoms with van der Waals surface area (Å²) in [5.41, 5.74) is 1.09. The summed E-state index contributed by atoms with van der Waals surface area (Å²) in [5.74, 6) is -1.38. The van der Waals surface area contributed by atoms with Gasteiger partial charge < -0.3 is 0 Å². The predicted octanol–water partition coefficient (Wildman–Crippen LogP) is 1.81. The molecule has 1 saturated carbocycles. The minimum Gasteiger partial charge on any atom is -0.284 e. The zero-order valence-electron chi connectivity index (χ0n) is 13.3. The first-order chi connectivity index (χ1) is 11.1. The van der Waals surface area contributed by atoms with Crippen LogP contribution in [0.2, 0.25) is 0 Å². The third kappa shape index (κ3) is 3.12. The minimum absolute atomic E-state index is 0.108. The molecule has 0 unspecified atom stereocenters. The molecule has 1 aliphatic carbocycles. The van der Waals surface area contributed by atoms with Crippen molar-refractivity contribution in [3.05, 3.63) is 35.9 Å². The van der Waals surface area contributed by atoms with E-state index < -0.39 is 17.8 Å². The Bertz CT molecular complexity index is 611. The van der Waals surface area contributed by atoms with Crippen molar-refractivity contribution in [2.24, 2.45) is 0 Å². The predicted molar refractivity (Wildman–Crippen MR) is 84.1 cm³/mol. The fourth-order valence-corrected chi connectivity index (χ4v) is 3.32. The molecule has 1 aliphatic heterocycles. The molecule has 1 aromatic carbocycles. The van der Waals surface area contributed by atoms with E-state index in [1.165, 1.54) is 4.90 Å². The van der Waals surface area contributed by atoms with E-state index in [1.807, 2.05) is 42.3 Å². The molecule has 0 bridgehead atoms. The Morgan fingerprint density at radius 1 is 1.04 bits per heavy atom. The summed E-state index contributed by atoms with van der Waals surface area (Å²) in [6.07, 6.45) is 3.62. The molecule has 3 rings (SSSR count). The molecule has 2 aliphatic rings. The van der Waals surface area contributed by atoms with E-state index >= 15 is 0 Å². The number of carbonyl (C=O) groups excluding carboxylic acids is 3. The first kappa shape index (κ1) is 15.7. The van der Waals surface area contributed by atoms with Crippen LogP contribution < -0.4 is 0 Å². The van der Waals surface area contributed by atoms with Gasteiger partial charge in [-0.15, -0.1) is 0 Å². The maximum Gasteiger partial charge on any atom is 0.335 e. The summed E-state index contributed by atoms with van der Waals surface area (Å²) in [5, 5.41) is 0. The molecule has 1 saturated heterocycles. The molecule has 6 heteroatoms. The number of benzene rings is 1. The summed E-state index contributed by atoms with van der Waals surface area (Å²) >= 11 is 0.